The molecule has 126 valence electrons. The molecule has 0 aliphatic rings. The van der Waals surface area contributed by atoms with E-state index in [2.05, 4.69) is 4.98 Å². The third-order valence-electron chi connectivity index (χ3n) is 3.71. The van der Waals surface area contributed by atoms with Gasteiger partial charge in [-0.1, -0.05) is 18.2 Å². The molecule has 0 saturated carbocycles. The second-order valence-electron chi connectivity index (χ2n) is 5.09. The number of pyridine rings is 1. The fourth-order valence-electron chi connectivity index (χ4n) is 2.67. The molecule has 1 aromatic heterocycles. The zero-order valence-electron chi connectivity index (χ0n) is 14.3. The first-order valence-electron chi connectivity index (χ1n) is 7.27. The molecule has 2 rings (SSSR count). The third kappa shape index (κ3) is 3.14. The second-order valence-corrected chi connectivity index (χ2v) is 5.94. The predicted molar refractivity (Wildman–Crippen MR) is 93.6 cm³/mol. The Bertz CT molecular complexity index is 762. The van der Waals surface area contributed by atoms with Gasteiger partial charge in [-0.3, -0.25) is 4.98 Å². The summed E-state index contributed by atoms with van der Waals surface area (Å²) in [5, 5.41) is 0. The van der Waals surface area contributed by atoms with Crippen molar-refractivity contribution in [2.45, 2.75) is 18.7 Å². The van der Waals surface area contributed by atoms with Crippen LogP contribution in [0, 0.1) is 13.8 Å². The maximum absolute atomic E-state index is 12.4. The molecule has 1 aromatic carbocycles. The topological polar surface area (TPSA) is 65.5 Å². The summed E-state index contributed by atoms with van der Waals surface area (Å²) in [5.74, 6) is -1.06. The molecule has 0 fully saturated rings. The molecule has 0 atom stereocenters. The normalized spacial score (nSPS) is 10.4. The molecule has 0 aliphatic heterocycles. The molecule has 5 nitrogen and oxygen atoms in total. The summed E-state index contributed by atoms with van der Waals surface area (Å²) in [5.41, 5.74) is 2.87. The molecule has 0 amide bonds. The van der Waals surface area contributed by atoms with Crippen molar-refractivity contribution in [3.8, 4) is 11.1 Å². The number of carbonyl (C=O) groups is 2. The van der Waals surface area contributed by atoms with Gasteiger partial charge in [0.05, 0.1) is 36.7 Å². The summed E-state index contributed by atoms with van der Waals surface area (Å²) >= 11 is 1.53. The van der Waals surface area contributed by atoms with E-state index in [1.54, 1.807) is 13.8 Å². The van der Waals surface area contributed by atoms with E-state index in [1.165, 1.54) is 26.0 Å². The van der Waals surface area contributed by atoms with E-state index in [4.69, 9.17) is 9.47 Å². The summed E-state index contributed by atoms with van der Waals surface area (Å²) in [4.78, 5) is 30.0. The monoisotopic (exact) mass is 345 g/mol. The van der Waals surface area contributed by atoms with E-state index < -0.39 is 11.9 Å². The minimum absolute atomic E-state index is 0.282. The number of benzene rings is 1. The van der Waals surface area contributed by atoms with Crippen molar-refractivity contribution in [2.24, 2.45) is 0 Å². The molecule has 6 heteroatoms. The quantitative estimate of drug-likeness (QED) is 0.622. The fourth-order valence-corrected chi connectivity index (χ4v) is 3.28. The van der Waals surface area contributed by atoms with Gasteiger partial charge in [-0.05, 0) is 31.7 Å². The Morgan fingerprint density at radius 2 is 1.46 bits per heavy atom. The van der Waals surface area contributed by atoms with E-state index >= 15 is 0 Å². The van der Waals surface area contributed by atoms with Crippen LogP contribution in [0.5, 0.6) is 0 Å². The van der Waals surface area contributed by atoms with Gasteiger partial charge in [0.2, 0.25) is 0 Å². The van der Waals surface area contributed by atoms with Gasteiger partial charge in [-0.2, -0.15) is 0 Å². The highest BCUT2D eigenvalue weighted by Gasteiger charge is 2.28. The van der Waals surface area contributed by atoms with Crippen molar-refractivity contribution >= 4 is 23.7 Å². The summed E-state index contributed by atoms with van der Waals surface area (Å²) in [6, 6.07) is 7.58. The van der Waals surface area contributed by atoms with Crippen molar-refractivity contribution in [1.29, 1.82) is 0 Å². The number of nitrogens with zero attached hydrogens (tertiary/aromatic N) is 1. The first kappa shape index (κ1) is 18.0. The zero-order valence-corrected chi connectivity index (χ0v) is 15.1. The predicted octanol–water partition coefficient (Wildman–Crippen LogP) is 3.66. The lowest BCUT2D eigenvalue weighted by Crippen LogP contribution is -2.16. The number of esters is 2. The number of rotatable bonds is 4. The first-order chi connectivity index (χ1) is 11.5. The Morgan fingerprint density at radius 3 is 1.92 bits per heavy atom. The molecule has 0 saturated heterocycles. The van der Waals surface area contributed by atoms with Crippen molar-refractivity contribution in [3.05, 3.63) is 46.8 Å². The molecule has 24 heavy (non-hydrogen) atoms. The average molecular weight is 345 g/mol. The van der Waals surface area contributed by atoms with Crippen molar-refractivity contribution in [2.75, 3.05) is 20.5 Å². The first-order valence-corrected chi connectivity index (χ1v) is 8.49. The number of hydrogen-bond donors (Lipinski definition) is 0. The van der Waals surface area contributed by atoms with Crippen LogP contribution in [0.3, 0.4) is 0 Å². The smallest absolute Gasteiger partial charge is 0.340 e. The molecule has 0 aliphatic carbocycles. The molecule has 0 bridgehead atoms. The molecule has 0 N–H and O–H groups in total. The Morgan fingerprint density at radius 1 is 0.958 bits per heavy atom. The Hall–Kier alpha value is -2.34. The number of methoxy groups -OCH3 is 2. The fraction of sp³-hybridized carbons (Fsp3) is 0.278. The van der Waals surface area contributed by atoms with Gasteiger partial charge in [0.25, 0.3) is 0 Å². The van der Waals surface area contributed by atoms with Crippen LogP contribution in [0.1, 0.15) is 32.1 Å². The second kappa shape index (κ2) is 7.49. The van der Waals surface area contributed by atoms with Crippen LogP contribution < -0.4 is 0 Å². The van der Waals surface area contributed by atoms with Crippen LogP contribution in [0.15, 0.2) is 29.2 Å². The van der Waals surface area contributed by atoms with Crippen molar-refractivity contribution < 1.29 is 19.1 Å². The van der Waals surface area contributed by atoms with E-state index in [9.17, 15) is 9.59 Å². The van der Waals surface area contributed by atoms with Gasteiger partial charge in [-0.25, -0.2) is 9.59 Å². The third-order valence-corrected chi connectivity index (χ3v) is 4.51. The number of aromatic nitrogens is 1. The zero-order chi connectivity index (χ0) is 17.9. The van der Waals surface area contributed by atoms with Crippen LogP contribution in [-0.2, 0) is 9.47 Å². The summed E-state index contributed by atoms with van der Waals surface area (Å²) in [6.07, 6.45) is 1.94. The van der Waals surface area contributed by atoms with Crippen molar-refractivity contribution in [1.82, 2.24) is 4.98 Å². The van der Waals surface area contributed by atoms with Gasteiger partial charge >= 0.3 is 11.9 Å². The van der Waals surface area contributed by atoms with Gasteiger partial charge in [0, 0.05) is 10.5 Å². The Balaban J connectivity index is 2.98. The van der Waals surface area contributed by atoms with Crippen LogP contribution >= 0.6 is 11.8 Å². The van der Waals surface area contributed by atoms with Crippen LogP contribution in [0.25, 0.3) is 11.1 Å². The molecular weight excluding hydrogens is 326 g/mol. The molecule has 0 radical (unpaired) electrons. The highest BCUT2D eigenvalue weighted by molar-refractivity contribution is 7.98. The van der Waals surface area contributed by atoms with E-state index in [0.717, 1.165) is 10.5 Å². The lowest BCUT2D eigenvalue weighted by atomic mass is 9.92. The molecule has 0 spiro atoms. The van der Waals surface area contributed by atoms with Crippen LogP contribution in [0.4, 0.5) is 0 Å². The highest BCUT2D eigenvalue weighted by Crippen LogP contribution is 2.37. The van der Waals surface area contributed by atoms with E-state index in [-0.39, 0.29) is 11.1 Å². The van der Waals surface area contributed by atoms with E-state index in [0.29, 0.717) is 17.0 Å². The Kier molecular flexibility index (Phi) is 5.62. The summed E-state index contributed by atoms with van der Waals surface area (Å²) < 4.78 is 9.85. The maximum atomic E-state index is 12.4. The minimum atomic E-state index is -0.531. The SMILES string of the molecule is COC(=O)c1c(C)nc(C)c(C(=O)OC)c1-c1ccccc1SC. The van der Waals surface area contributed by atoms with Gasteiger partial charge in [0.15, 0.2) is 0 Å². The van der Waals surface area contributed by atoms with Crippen LogP contribution in [0.2, 0.25) is 0 Å². The largest absolute Gasteiger partial charge is 0.465 e. The summed E-state index contributed by atoms with van der Waals surface area (Å²) in [6.45, 7) is 3.46. The Labute approximate surface area is 145 Å². The molecule has 2 aromatic rings. The lowest BCUT2D eigenvalue weighted by molar-refractivity contribution is 0.0599. The number of thioether (sulfide) groups is 1. The number of carbonyl (C=O) groups excluding carboxylic acids is 2. The van der Waals surface area contributed by atoms with Gasteiger partial charge < -0.3 is 9.47 Å². The number of aryl methyl sites for hydroxylation is 2. The number of hydrogen-bond acceptors (Lipinski definition) is 6. The van der Waals surface area contributed by atoms with Gasteiger partial charge in [0.1, 0.15) is 0 Å². The highest BCUT2D eigenvalue weighted by atomic mass is 32.2. The summed E-state index contributed by atoms with van der Waals surface area (Å²) in [7, 11) is 2.62. The standard InChI is InChI=1S/C18H19NO4S/c1-10-14(17(20)22-3)16(12-8-6-7-9-13(12)24-5)15(11(2)19-10)18(21)23-4/h6-9H,1-5H3. The molecule has 0 unspecified atom stereocenters. The van der Waals surface area contributed by atoms with E-state index in [1.807, 2.05) is 30.5 Å². The average Bonchev–Trinajstić information content (AvgIpc) is 2.59. The minimum Gasteiger partial charge on any atom is -0.465 e. The van der Waals surface area contributed by atoms with Crippen LogP contribution in [-0.4, -0.2) is 37.4 Å². The lowest BCUT2D eigenvalue weighted by Gasteiger charge is -2.18. The number of ether oxygens (including phenoxy) is 2. The van der Waals surface area contributed by atoms with Gasteiger partial charge in [-0.15, -0.1) is 11.8 Å². The molecule has 1 heterocycles. The molecular formula is C18H19NO4S. The maximum Gasteiger partial charge on any atom is 0.340 e. The van der Waals surface area contributed by atoms with Crippen molar-refractivity contribution in [3.63, 3.8) is 0 Å².